The molecular weight excluding hydrogens is 475 g/mol. The van der Waals surface area contributed by atoms with Gasteiger partial charge in [0.05, 0.1) is 7.11 Å². The third-order valence-electron chi connectivity index (χ3n) is 5.33. The quantitative estimate of drug-likeness (QED) is 0.435. The Bertz CT molecular complexity index is 1090. The van der Waals surface area contributed by atoms with E-state index >= 15 is 0 Å². The van der Waals surface area contributed by atoms with Crippen molar-refractivity contribution in [2.24, 2.45) is 0 Å². The van der Waals surface area contributed by atoms with Gasteiger partial charge < -0.3 is 19.7 Å². The fourth-order valence-corrected chi connectivity index (χ4v) is 3.99. The summed E-state index contributed by atoms with van der Waals surface area (Å²) < 4.78 is 10.9. The van der Waals surface area contributed by atoms with Crippen LogP contribution in [-0.2, 0) is 22.6 Å². The molecular formula is C26H26Cl2N2O4. The summed E-state index contributed by atoms with van der Waals surface area (Å²) in [6, 6.07) is 20.7. The van der Waals surface area contributed by atoms with Crippen molar-refractivity contribution in [3.05, 3.63) is 94.0 Å². The Morgan fingerprint density at radius 3 is 2.12 bits per heavy atom. The molecule has 0 bridgehead atoms. The lowest BCUT2D eigenvalue weighted by Gasteiger charge is -2.31. The van der Waals surface area contributed by atoms with E-state index in [4.69, 9.17) is 32.7 Å². The molecule has 0 fully saturated rings. The maximum atomic E-state index is 13.4. The number of rotatable bonds is 10. The molecule has 2 amide bonds. The summed E-state index contributed by atoms with van der Waals surface area (Å²) in [6.07, 6.45) is 0.316. The number of nitrogens with zero attached hydrogens (tertiary/aromatic N) is 1. The van der Waals surface area contributed by atoms with E-state index in [2.05, 4.69) is 5.32 Å². The highest BCUT2D eigenvalue weighted by atomic mass is 35.5. The molecule has 0 aromatic heterocycles. The Kier molecular flexibility index (Phi) is 9.19. The molecule has 1 N–H and O–H groups in total. The van der Waals surface area contributed by atoms with Crippen LogP contribution in [0.2, 0.25) is 10.0 Å². The van der Waals surface area contributed by atoms with Crippen molar-refractivity contribution in [3.63, 3.8) is 0 Å². The second kappa shape index (κ2) is 12.3. The lowest BCUT2D eigenvalue weighted by atomic mass is 10.0. The van der Waals surface area contributed by atoms with E-state index in [1.165, 1.54) is 4.90 Å². The van der Waals surface area contributed by atoms with Gasteiger partial charge in [0.1, 0.15) is 17.5 Å². The summed E-state index contributed by atoms with van der Waals surface area (Å²) in [7, 11) is 3.11. The molecule has 0 radical (unpaired) electrons. The van der Waals surface area contributed by atoms with E-state index in [1.54, 1.807) is 56.6 Å². The Hall–Kier alpha value is -3.22. The van der Waals surface area contributed by atoms with Crippen LogP contribution in [0.4, 0.5) is 0 Å². The fourth-order valence-electron chi connectivity index (χ4n) is 3.47. The van der Waals surface area contributed by atoms with Gasteiger partial charge in [-0.15, -0.1) is 0 Å². The molecule has 0 aliphatic heterocycles. The van der Waals surface area contributed by atoms with Crippen molar-refractivity contribution in [1.29, 1.82) is 0 Å². The number of benzene rings is 3. The summed E-state index contributed by atoms with van der Waals surface area (Å²) in [5.41, 5.74) is 1.47. The molecule has 3 rings (SSSR count). The molecule has 34 heavy (non-hydrogen) atoms. The number of likely N-dealkylation sites (N-methyl/N-ethyl adjacent to an activating group) is 1. The van der Waals surface area contributed by atoms with Crippen LogP contribution in [0.3, 0.4) is 0 Å². The van der Waals surface area contributed by atoms with E-state index in [9.17, 15) is 9.59 Å². The molecule has 6 nitrogen and oxygen atoms in total. The topological polar surface area (TPSA) is 67.9 Å². The van der Waals surface area contributed by atoms with Gasteiger partial charge in [0.2, 0.25) is 5.91 Å². The number of amides is 2. The average molecular weight is 501 g/mol. The van der Waals surface area contributed by atoms with Crippen LogP contribution in [0.5, 0.6) is 11.5 Å². The highest BCUT2D eigenvalue weighted by Gasteiger charge is 2.31. The zero-order chi connectivity index (χ0) is 24.5. The van der Waals surface area contributed by atoms with Gasteiger partial charge >= 0.3 is 0 Å². The Balaban J connectivity index is 1.90. The van der Waals surface area contributed by atoms with Crippen molar-refractivity contribution in [3.8, 4) is 11.5 Å². The number of hydrogen-bond acceptors (Lipinski definition) is 4. The van der Waals surface area contributed by atoms with Crippen molar-refractivity contribution < 1.29 is 19.1 Å². The SMILES string of the molecule is CNC(=O)[C@@H](Cc1ccccc1)N(Cc1c(Cl)cccc1Cl)C(=O)COc1ccc(OC)cc1. The molecule has 1 atom stereocenters. The highest BCUT2D eigenvalue weighted by molar-refractivity contribution is 6.36. The second-order valence-corrected chi connectivity index (χ2v) is 8.32. The Morgan fingerprint density at radius 1 is 0.912 bits per heavy atom. The molecule has 3 aromatic rings. The summed E-state index contributed by atoms with van der Waals surface area (Å²) >= 11 is 12.8. The molecule has 0 saturated carbocycles. The van der Waals surface area contributed by atoms with Crippen molar-refractivity contribution in [1.82, 2.24) is 10.2 Å². The minimum Gasteiger partial charge on any atom is -0.497 e. The molecule has 0 aliphatic rings. The number of hydrogen-bond donors (Lipinski definition) is 1. The van der Waals surface area contributed by atoms with Crippen molar-refractivity contribution in [2.45, 2.75) is 19.0 Å². The van der Waals surface area contributed by atoms with Crippen molar-refractivity contribution >= 4 is 35.0 Å². The zero-order valence-corrected chi connectivity index (χ0v) is 20.5. The van der Waals surface area contributed by atoms with Crippen LogP contribution in [0.1, 0.15) is 11.1 Å². The smallest absolute Gasteiger partial charge is 0.261 e. The van der Waals surface area contributed by atoms with Gasteiger partial charge in [-0.1, -0.05) is 59.6 Å². The van der Waals surface area contributed by atoms with E-state index in [1.807, 2.05) is 30.3 Å². The largest absolute Gasteiger partial charge is 0.497 e. The molecule has 0 spiro atoms. The lowest BCUT2D eigenvalue weighted by Crippen LogP contribution is -2.51. The van der Waals surface area contributed by atoms with Crippen LogP contribution < -0.4 is 14.8 Å². The molecule has 0 saturated heterocycles. The standard InChI is InChI=1S/C26H26Cl2N2O4/c1-29-26(32)24(15-18-7-4-3-5-8-18)30(16-21-22(27)9-6-10-23(21)28)25(31)17-34-20-13-11-19(33-2)12-14-20/h3-14,24H,15-17H2,1-2H3,(H,29,32)/t24-/m1/s1. The lowest BCUT2D eigenvalue weighted by molar-refractivity contribution is -0.142. The van der Waals surface area contributed by atoms with Gasteiger partial charge in [-0.25, -0.2) is 0 Å². The molecule has 178 valence electrons. The minimum atomic E-state index is -0.799. The second-order valence-electron chi connectivity index (χ2n) is 7.51. The van der Waals surface area contributed by atoms with Gasteiger partial charge in [-0.05, 0) is 42.0 Å². The third kappa shape index (κ3) is 6.65. The summed E-state index contributed by atoms with van der Waals surface area (Å²) in [5, 5.41) is 3.50. The fraction of sp³-hybridized carbons (Fsp3) is 0.231. The monoisotopic (exact) mass is 500 g/mol. The summed E-state index contributed by atoms with van der Waals surface area (Å²) in [5.74, 6) is 0.502. The zero-order valence-electron chi connectivity index (χ0n) is 19.0. The number of halogens is 2. The number of methoxy groups -OCH3 is 1. The molecule has 0 unspecified atom stereocenters. The van der Waals surface area contributed by atoms with Crippen LogP contribution in [0.15, 0.2) is 72.8 Å². The minimum absolute atomic E-state index is 0.0498. The molecule has 3 aromatic carbocycles. The van der Waals surface area contributed by atoms with Crippen LogP contribution in [0.25, 0.3) is 0 Å². The van der Waals surface area contributed by atoms with Crippen molar-refractivity contribution in [2.75, 3.05) is 20.8 Å². The van der Waals surface area contributed by atoms with Gasteiger partial charge in [-0.2, -0.15) is 0 Å². The predicted octanol–water partition coefficient (Wildman–Crippen LogP) is 4.77. The molecule has 0 aliphatic carbocycles. The first-order chi connectivity index (χ1) is 16.4. The Labute approximate surface area is 209 Å². The van der Waals surface area contributed by atoms with E-state index in [0.29, 0.717) is 33.5 Å². The Morgan fingerprint density at radius 2 is 1.53 bits per heavy atom. The van der Waals surface area contributed by atoms with Gasteiger partial charge in [0, 0.05) is 35.6 Å². The predicted molar refractivity (Wildman–Crippen MR) is 134 cm³/mol. The molecule has 0 heterocycles. The summed E-state index contributed by atoms with van der Waals surface area (Å²) in [4.78, 5) is 27.8. The summed E-state index contributed by atoms with van der Waals surface area (Å²) in [6.45, 7) is -0.217. The average Bonchev–Trinajstić information content (AvgIpc) is 2.86. The first-order valence-electron chi connectivity index (χ1n) is 10.7. The number of carbonyl (C=O) groups excluding carboxylic acids is 2. The van der Waals surface area contributed by atoms with Gasteiger partial charge in [0.15, 0.2) is 6.61 Å². The van der Waals surface area contributed by atoms with Gasteiger partial charge in [-0.3, -0.25) is 9.59 Å². The third-order valence-corrected chi connectivity index (χ3v) is 6.04. The van der Waals surface area contributed by atoms with Crippen LogP contribution in [0, 0.1) is 0 Å². The first kappa shape index (κ1) is 25.4. The van der Waals surface area contributed by atoms with Crippen LogP contribution in [-0.4, -0.2) is 43.5 Å². The van der Waals surface area contributed by atoms with Gasteiger partial charge in [0.25, 0.3) is 5.91 Å². The maximum absolute atomic E-state index is 13.4. The normalized spacial score (nSPS) is 11.4. The van der Waals surface area contributed by atoms with Crippen LogP contribution >= 0.6 is 23.2 Å². The number of carbonyl (C=O) groups is 2. The van der Waals surface area contributed by atoms with E-state index in [0.717, 1.165) is 5.56 Å². The highest BCUT2D eigenvalue weighted by Crippen LogP contribution is 2.27. The van der Waals surface area contributed by atoms with E-state index in [-0.39, 0.29) is 25.0 Å². The first-order valence-corrected chi connectivity index (χ1v) is 11.4. The maximum Gasteiger partial charge on any atom is 0.261 e. The molecule has 8 heteroatoms. The van der Waals surface area contributed by atoms with E-state index < -0.39 is 6.04 Å². The number of ether oxygens (including phenoxy) is 2. The number of nitrogens with one attached hydrogen (secondary N) is 1.